The van der Waals surface area contributed by atoms with E-state index < -0.39 is 0 Å². The zero-order valence-corrected chi connectivity index (χ0v) is 8.97. The van der Waals surface area contributed by atoms with Gasteiger partial charge in [-0.2, -0.15) is 5.10 Å². The fourth-order valence-corrected chi connectivity index (χ4v) is 1.46. The molecule has 0 bridgehead atoms. The van der Waals surface area contributed by atoms with Crippen molar-refractivity contribution in [3.8, 4) is 0 Å². The van der Waals surface area contributed by atoms with Crippen molar-refractivity contribution >= 4 is 11.6 Å². The molecule has 4 nitrogen and oxygen atoms in total. The topological polar surface area (TPSA) is 57.8 Å². The van der Waals surface area contributed by atoms with Gasteiger partial charge >= 0.3 is 0 Å². The van der Waals surface area contributed by atoms with Gasteiger partial charge in [-0.15, -0.1) is 0 Å². The van der Waals surface area contributed by atoms with Crippen molar-refractivity contribution in [1.82, 2.24) is 10.2 Å². The van der Waals surface area contributed by atoms with E-state index in [2.05, 4.69) is 15.5 Å². The quantitative estimate of drug-likeness (QED) is 0.824. The molecule has 0 aliphatic heterocycles. The number of amides is 1. The molecule has 0 saturated carbocycles. The molecule has 16 heavy (non-hydrogen) atoms. The van der Waals surface area contributed by atoms with E-state index in [9.17, 15) is 4.79 Å². The highest BCUT2D eigenvalue weighted by atomic mass is 16.1. The average Bonchev–Trinajstić information content (AvgIpc) is 2.82. The number of anilines is 1. The Hall–Kier alpha value is -2.10. The maximum atomic E-state index is 11.9. The molecule has 2 rings (SSSR count). The van der Waals surface area contributed by atoms with Gasteiger partial charge in [0, 0.05) is 6.20 Å². The molecule has 1 aromatic carbocycles. The van der Waals surface area contributed by atoms with Crippen molar-refractivity contribution in [2.75, 3.05) is 5.32 Å². The predicted octanol–water partition coefficient (Wildman–Crippen LogP) is 2.15. The number of carbonyl (C=O) groups excluding carboxylic acids is 1. The van der Waals surface area contributed by atoms with E-state index in [1.165, 1.54) is 0 Å². The van der Waals surface area contributed by atoms with Crippen LogP contribution in [0.15, 0.2) is 42.7 Å². The van der Waals surface area contributed by atoms with Gasteiger partial charge < -0.3 is 5.32 Å². The van der Waals surface area contributed by atoms with E-state index in [0.29, 0.717) is 5.69 Å². The molecule has 0 spiro atoms. The Bertz CT molecular complexity index is 450. The van der Waals surface area contributed by atoms with Crippen LogP contribution in [0.25, 0.3) is 0 Å². The van der Waals surface area contributed by atoms with Crippen molar-refractivity contribution in [3.63, 3.8) is 0 Å². The summed E-state index contributed by atoms with van der Waals surface area (Å²) in [5.74, 6) is -0.205. The van der Waals surface area contributed by atoms with E-state index >= 15 is 0 Å². The normalized spacial score (nSPS) is 12.1. The first kappa shape index (κ1) is 10.4. The van der Waals surface area contributed by atoms with Crippen molar-refractivity contribution in [1.29, 1.82) is 0 Å². The predicted molar refractivity (Wildman–Crippen MR) is 62.1 cm³/mol. The number of hydrogen-bond donors (Lipinski definition) is 2. The Labute approximate surface area is 93.7 Å². The standard InChI is InChI=1S/C12H13N3O/c1-9(10-5-3-2-4-6-10)12(16)15-11-7-13-14-8-11/h2-9H,1H3,(H,13,14)(H,15,16). The molecule has 1 aromatic heterocycles. The second-order valence-corrected chi connectivity index (χ2v) is 3.61. The molecule has 2 aromatic rings. The van der Waals surface area contributed by atoms with Crippen molar-refractivity contribution in [3.05, 3.63) is 48.3 Å². The molecular weight excluding hydrogens is 202 g/mol. The molecule has 0 radical (unpaired) electrons. The van der Waals surface area contributed by atoms with E-state index in [1.807, 2.05) is 37.3 Å². The number of nitrogens with one attached hydrogen (secondary N) is 2. The fourth-order valence-electron chi connectivity index (χ4n) is 1.46. The molecule has 1 amide bonds. The Morgan fingerprint density at radius 3 is 2.75 bits per heavy atom. The molecule has 1 atom stereocenters. The van der Waals surface area contributed by atoms with E-state index in [-0.39, 0.29) is 11.8 Å². The van der Waals surface area contributed by atoms with Gasteiger partial charge in [-0.25, -0.2) is 0 Å². The molecule has 1 unspecified atom stereocenters. The highest BCUT2D eigenvalue weighted by molar-refractivity contribution is 5.95. The van der Waals surface area contributed by atoms with Crippen LogP contribution in [0.4, 0.5) is 5.69 Å². The van der Waals surface area contributed by atoms with Gasteiger partial charge in [-0.3, -0.25) is 9.89 Å². The maximum Gasteiger partial charge on any atom is 0.231 e. The summed E-state index contributed by atoms with van der Waals surface area (Å²) in [6.45, 7) is 1.88. The average molecular weight is 215 g/mol. The van der Waals surface area contributed by atoms with Crippen molar-refractivity contribution in [2.24, 2.45) is 0 Å². The van der Waals surface area contributed by atoms with Crippen LogP contribution in [0, 0.1) is 0 Å². The largest absolute Gasteiger partial charge is 0.323 e. The number of aromatic nitrogens is 2. The number of benzene rings is 1. The first-order chi connectivity index (χ1) is 7.77. The summed E-state index contributed by atoms with van der Waals surface area (Å²) < 4.78 is 0. The molecular formula is C12H13N3O. The molecule has 0 saturated heterocycles. The van der Waals surface area contributed by atoms with Crippen LogP contribution in [0.1, 0.15) is 18.4 Å². The van der Waals surface area contributed by atoms with Gasteiger partial charge in [0.1, 0.15) is 0 Å². The second-order valence-electron chi connectivity index (χ2n) is 3.61. The first-order valence-electron chi connectivity index (χ1n) is 5.12. The molecule has 2 N–H and O–H groups in total. The van der Waals surface area contributed by atoms with Crippen molar-refractivity contribution < 1.29 is 4.79 Å². The van der Waals surface area contributed by atoms with Gasteiger partial charge in [-0.1, -0.05) is 30.3 Å². The molecule has 0 fully saturated rings. The van der Waals surface area contributed by atoms with Gasteiger partial charge in [-0.05, 0) is 12.5 Å². The summed E-state index contributed by atoms with van der Waals surface area (Å²) in [7, 11) is 0. The zero-order valence-electron chi connectivity index (χ0n) is 8.97. The minimum atomic E-state index is -0.170. The van der Waals surface area contributed by atoms with Crippen LogP contribution < -0.4 is 5.32 Å². The number of rotatable bonds is 3. The van der Waals surface area contributed by atoms with Crippen LogP contribution >= 0.6 is 0 Å². The monoisotopic (exact) mass is 215 g/mol. The Morgan fingerprint density at radius 2 is 2.12 bits per heavy atom. The third-order valence-corrected chi connectivity index (χ3v) is 2.46. The van der Waals surface area contributed by atoms with Gasteiger partial charge in [0.05, 0.1) is 17.8 Å². The van der Waals surface area contributed by atoms with E-state index in [0.717, 1.165) is 5.56 Å². The highest BCUT2D eigenvalue weighted by Gasteiger charge is 2.14. The summed E-state index contributed by atoms with van der Waals surface area (Å²) in [6.07, 6.45) is 3.23. The van der Waals surface area contributed by atoms with Crippen LogP contribution in [0.2, 0.25) is 0 Å². The Kier molecular flexibility index (Phi) is 3.00. The summed E-state index contributed by atoms with van der Waals surface area (Å²) in [4.78, 5) is 11.9. The first-order valence-corrected chi connectivity index (χ1v) is 5.12. The molecule has 82 valence electrons. The molecule has 4 heteroatoms. The minimum Gasteiger partial charge on any atom is -0.323 e. The van der Waals surface area contributed by atoms with Gasteiger partial charge in [0.2, 0.25) is 5.91 Å². The Morgan fingerprint density at radius 1 is 1.38 bits per heavy atom. The summed E-state index contributed by atoms with van der Waals surface area (Å²) in [5.41, 5.74) is 1.69. The lowest BCUT2D eigenvalue weighted by Crippen LogP contribution is -2.18. The van der Waals surface area contributed by atoms with E-state index in [1.54, 1.807) is 12.4 Å². The fraction of sp³-hybridized carbons (Fsp3) is 0.167. The lowest BCUT2D eigenvalue weighted by Gasteiger charge is -2.10. The van der Waals surface area contributed by atoms with Crippen LogP contribution in [-0.2, 0) is 4.79 Å². The lowest BCUT2D eigenvalue weighted by molar-refractivity contribution is -0.117. The zero-order chi connectivity index (χ0) is 11.4. The van der Waals surface area contributed by atoms with Gasteiger partial charge in [0.15, 0.2) is 0 Å². The summed E-state index contributed by atoms with van der Waals surface area (Å²) in [6, 6.07) is 9.68. The van der Waals surface area contributed by atoms with Crippen molar-refractivity contribution in [2.45, 2.75) is 12.8 Å². The molecule has 1 heterocycles. The van der Waals surface area contributed by atoms with Gasteiger partial charge in [0.25, 0.3) is 0 Å². The second kappa shape index (κ2) is 4.61. The third kappa shape index (κ3) is 2.28. The number of carbonyl (C=O) groups is 1. The maximum absolute atomic E-state index is 11.9. The minimum absolute atomic E-state index is 0.0346. The molecule has 0 aliphatic carbocycles. The van der Waals surface area contributed by atoms with Crippen LogP contribution in [0.5, 0.6) is 0 Å². The highest BCUT2D eigenvalue weighted by Crippen LogP contribution is 2.16. The third-order valence-electron chi connectivity index (χ3n) is 2.46. The number of aromatic amines is 1. The number of hydrogen-bond acceptors (Lipinski definition) is 2. The lowest BCUT2D eigenvalue weighted by atomic mass is 10.0. The van der Waals surface area contributed by atoms with Crippen LogP contribution in [-0.4, -0.2) is 16.1 Å². The number of nitrogens with zero attached hydrogens (tertiary/aromatic N) is 1. The smallest absolute Gasteiger partial charge is 0.231 e. The SMILES string of the molecule is CC(C(=O)Nc1cn[nH]c1)c1ccccc1. The molecule has 0 aliphatic rings. The Balaban J connectivity index is 2.05. The van der Waals surface area contributed by atoms with E-state index in [4.69, 9.17) is 0 Å². The number of H-pyrrole nitrogens is 1. The van der Waals surface area contributed by atoms with Crippen LogP contribution in [0.3, 0.4) is 0 Å². The summed E-state index contributed by atoms with van der Waals surface area (Å²) in [5, 5.41) is 9.20. The summed E-state index contributed by atoms with van der Waals surface area (Å²) >= 11 is 0.